The zero-order valence-corrected chi connectivity index (χ0v) is 22.0. The van der Waals surface area contributed by atoms with Crippen LogP contribution in [0.1, 0.15) is 92.8 Å². The Balaban J connectivity index is 1.88. The molecule has 0 saturated carbocycles. The molecule has 2 aromatic carbocycles. The second-order valence-corrected chi connectivity index (χ2v) is 10.7. The van der Waals surface area contributed by atoms with Crippen molar-refractivity contribution in [1.29, 1.82) is 0 Å². The summed E-state index contributed by atoms with van der Waals surface area (Å²) in [5, 5.41) is 42.8. The van der Waals surface area contributed by atoms with Crippen LogP contribution < -0.4 is 9.47 Å². The summed E-state index contributed by atoms with van der Waals surface area (Å²) in [5.74, 6) is -0.422. The molecule has 0 saturated heterocycles. The zero-order chi connectivity index (χ0) is 27.2. The van der Waals surface area contributed by atoms with Crippen LogP contribution in [0.2, 0.25) is 0 Å². The highest BCUT2D eigenvalue weighted by Gasteiger charge is 2.39. The lowest BCUT2D eigenvalue weighted by atomic mass is 9.87. The van der Waals surface area contributed by atoms with E-state index in [0.29, 0.717) is 23.3 Å². The highest BCUT2D eigenvalue weighted by molar-refractivity contribution is 6.05. The number of carbonyl (C=O) groups is 1. The van der Waals surface area contributed by atoms with Gasteiger partial charge in [-0.2, -0.15) is 0 Å². The molecule has 37 heavy (non-hydrogen) atoms. The average Bonchev–Trinajstić information content (AvgIpc) is 2.77. The van der Waals surface area contributed by atoms with Crippen molar-refractivity contribution in [3.8, 4) is 28.7 Å². The second kappa shape index (κ2) is 9.63. The minimum atomic E-state index is -1.11. The van der Waals surface area contributed by atoms with Crippen LogP contribution in [0.3, 0.4) is 0 Å². The van der Waals surface area contributed by atoms with Gasteiger partial charge in [0.2, 0.25) is 0 Å². The Hall–Kier alpha value is -3.71. The number of benzene rings is 2. The number of phenols is 3. The summed E-state index contributed by atoms with van der Waals surface area (Å²) in [5.41, 5.74) is 2.87. The summed E-state index contributed by atoms with van der Waals surface area (Å²) >= 11 is 0. The van der Waals surface area contributed by atoms with Gasteiger partial charge in [-0.05, 0) is 66.2 Å². The molecular formula is C30H34O7. The lowest BCUT2D eigenvalue weighted by molar-refractivity contribution is 0.0836. The number of hydrogen-bond acceptors (Lipinski definition) is 7. The SMILES string of the molecule is CC(C)=CCc1c2c(c(O)c3c1O[C@H](c1cc([C@H](O)C=C(C)C)c(O)cc1O)CC3=O)C=CC(C)(C)O2. The summed E-state index contributed by atoms with van der Waals surface area (Å²) in [6.45, 7) is 11.4. The van der Waals surface area contributed by atoms with Gasteiger partial charge in [0.25, 0.3) is 0 Å². The van der Waals surface area contributed by atoms with E-state index in [1.807, 2.05) is 53.7 Å². The summed E-state index contributed by atoms with van der Waals surface area (Å²) < 4.78 is 12.6. The first-order valence-electron chi connectivity index (χ1n) is 12.3. The van der Waals surface area contributed by atoms with Crippen LogP contribution in [-0.2, 0) is 6.42 Å². The Labute approximate surface area is 217 Å². The number of Topliss-reactive ketones (excluding diaryl/α,β-unsaturated/α-hetero) is 1. The lowest BCUT2D eigenvalue weighted by Crippen LogP contribution is -2.29. The van der Waals surface area contributed by atoms with Crippen molar-refractivity contribution in [1.82, 2.24) is 0 Å². The number of aliphatic hydroxyl groups excluding tert-OH is 1. The molecular weight excluding hydrogens is 472 g/mol. The molecule has 0 bridgehead atoms. The van der Waals surface area contributed by atoms with Crippen molar-refractivity contribution >= 4 is 11.9 Å². The van der Waals surface area contributed by atoms with Gasteiger partial charge in [0, 0.05) is 22.8 Å². The van der Waals surface area contributed by atoms with Crippen LogP contribution in [0.4, 0.5) is 0 Å². The van der Waals surface area contributed by atoms with Crippen molar-refractivity contribution in [3.63, 3.8) is 0 Å². The molecule has 4 N–H and O–H groups in total. The van der Waals surface area contributed by atoms with Crippen molar-refractivity contribution in [2.45, 2.75) is 72.2 Å². The number of ether oxygens (including phenoxy) is 2. The molecule has 2 aliphatic rings. The van der Waals surface area contributed by atoms with E-state index in [-0.39, 0.29) is 51.9 Å². The molecule has 2 aromatic rings. The van der Waals surface area contributed by atoms with Gasteiger partial charge in [0.05, 0.1) is 12.0 Å². The first-order chi connectivity index (χ1) is 17.3. The summed E-state index contributed by atoms with van der Waals surface area (Å²) in [6.07, 6.45) is 5.41. The molecule has 2 aliphatic heterocycles. The van der Waals surface area contributed by atoms with Crippen LogP contribution in [0.15, 0.2) is 41.5 Å². The average molecular weight is 507 g/mol. The third-order valence-electron chi connectivity index (χ3n) is 6.49. The van der Waals surface area contributed by atoms with Crippen LogP contribution in [0.5, 0.6) is 28.7 Å². The Morgan fingerprint density at radius 1 is 1.08 bits per heavy atom. The predicted molar refractivity (Wildman–Crippen MR) is 141 cm³/mol. The number of aliphatic hydroxyl groups is 1. The van der Waals surface area contributed by atoms with Crippen molar-refractivity contribution in [2.24, 2.45) is 0 Å². The maximum absolute atomic E-state index is 13.4. The number of carbonyl (C=O) groups excluding carboxylic acids is 1. The number of allylic oxidation sites excluding steroid dienone is 3. The van der Waals surface area contributed by atoms with Gasteiger partial charge in [-0.15, -0.1) is 0 Å². The number of hydrogen-bond donors (Lipinski definition) is 4. The molecule has 2 heterocycles. The summed E-state index contributed by atoms with van der Waals surface area (Å²) in [6, 6.07) is 2.59. The van der Waals surface area contributed by atoms with Crippen molar-refractivity contribution in [3.05, 3.63) is 69.3 Å². The topological polar surface area (TPSA) is 116 Å². The molecule has 4 rings (SSSR count). The third-order valence-corrected chi connectivity index (χ3v) is 6.49. The molecule has 0 aliphatic carbocycles. The van der Waals surface area contributed by atoms with E-state index < -0.39 is 17.8 Å². The first-order valence-corrected chi connectivity index (χ1v) is 12.3. The lowest BCUT2D eigenvalue weighted by Gasteiger charge is -2.34. The van der Waals surface area contributed by atoms with Gasteiger partial charge in [0.15, 0.2) is 5.78 Å². The molecule has 0 fully saturated rings. The molecule has 0 unspecified atom stereocenters. The highest BCUT2D eigenvalue weighted by Crippen LogP contribution is 2.52. The number of ketones is 1. The predicted octanol–water partition coefficient (Wildman–Crippen LogP) is 6.20. The maximum atomic E-state index is 13.4. The van der Waals surface area contributed by atoms with Crippen LogP contribution >= 0.6 is 0 Å². The largest absolute Gasteiger partial charge is 0.507 e. The van der Waals surface area contributed by atoms with Gasteiger partial charge < -0.3 is 29.9 Å². The Morgan fingerprint density at radius 2 is 1.78 bits per heavy atom. The monoisotopic (exact) mass is 506 g/mol. The molecule has 0 radical (unpaired) electrons. The van der Waals surface area contributed by atoms with E-state index in [1.54, 1.807) is 12.2 Å². The van der Waals surface area contributed by atoms with E-state index in [4.69, 9.17) is 9.47 Å². The molecule has 0 aromatic heterocycles. The fourth-order valence-corrected chi connectivity index (χ4v) is 4.64. The van der Waals surface area contributed by atoms with Gasteiger partial charge in [-0.25, -0.2) is 0 Å². The van der Waals surface area contributed by atoms with E-state index in [2.05, 4.69) is 0 Å². The number of phenolic OH excluding ortho intramolecular Hbond substituents is 3. The van der Waals surface area contributed by atoms with E-state index >= 15 is 0 Å². The van der Waals surface area contributed by atoms with Crippen LogP contribution in [-0.4, -0.2) is 31.8 Å². The molecule has 7 heteroatoms. The number of rotatable bonds is 5. The van der Waals surface area contributed by atoms with Gasteiger partial charge in [-0.3, -0.25) is 4.79 Å². The first kappa shape index (κ1) is 26.4. The van der Waals surface area contributed by atoms with Gasteiger partial charge in [-0.1, -0.05) is 23.3 Å². The smallest absolute Gasteiger partial charge is 0.174 e. The Morgan fingerprint density at radius 3 is 2.43 bits per heavy atom. The van der Waals surface area contributed by atoms with E-state index in [0.717, 1.165) is 17.2 Å². The van der Waals surface area contributed by atoms with Gasteiger partial charge >= 0.3 is 0 Å². The zero-order valence-electron chi connectivity index (χ0n) is 22.0. The minimum absolute atomic E-state index is 0.0863. The standard InChI is InChI=1S/C30H34O7/c1-15(2)7-8-18-28-17(9-10-30(5,6)37-28)27(35)26-24(34)14-25(36-29(18)26)20-12-19(21(31)11-16(3)4)22(32)13-23(20)33/h7,9-13,21,25,31-33,35H,8,14H2,1-6H3/t21-,25+/m1/s1. The fourth-order valence-electron chi connectivity index (χ4n) is 4.64. The van der Waals surface area contributed by atoms with Crippen LogP contribution in [0, 0.1) is 0 Å². The Bertz CT molecular complexity index is 1350. The summed E-state index contributed by atoms with van der Waals surface area (Å²) in [7, 11) is 0. The molecule has 0 amide bonds. The number of fused-ring (bicyclic) bond motifs is 2. The normalized spacial score (nSPS) is 18.1. The molecule has 2 atom stereocenters. The quantitative estimate of drug-likeness (QED) is 0.357. The van der Waals surface area contributed by atoms with E-state index in [9.17, 15) is 25.2 Å². The van der Waals surface area contributed by atoms with Crippen LogP contribution in [0.25, 0.3) is 6.08 Å². The molecule has 7 nitrogen and oxygen atoms in total. The second-order valence-electron chi connectivity index (χ2n) is 10.7. The number of aromatic hydroxyl groups is 3. The molecule has 0 spiro atoms. The summed E-state index contributed by atoms with van der Waals surface area (Å²) in [4.78, 5) is 13.4. The van der Waals surface area contributed by atoms with E-state index in [1.165, 1.54) is 6.07 Å². The fraction of sp³-hybridized carbons (Fsp3) is 0.367. The molecule has 196 valence electrons. The van der Waals surface area contributed by atoms with Crippen molar-refractivity contribution < 1.29 is 34.7 Å². The maximum Gasteiger partial charge on any atom is 0.174 e. The highest BCUT2D eigenvalue weighted by atomic mass is 16.5. The van der Waals surface area contributed by atoms with Gasteiger partial charge in [0.1, 0.15) is 52.1 Å². The minimum Gasteiger partial charge on any atom is -0.507 e. The Kier molecular flexibility index (Phi) is 6.86. The third kappa shape index (κ3) is 5.09. The van der Waals surface area contributed by atoms with Crippen molar-refractivity contribution in [2.75, 3.05) is 0 Å².